The molecular formula is C13H17N5OS. The van der Waals surface area contributed by atoms with Crippen LogP contribution in [0.15, 0.2) is 36.9 Å². The first kappa shape index (κ1) is 14.5. The van der Waals surface area contributed by atoms with Crippen molar-refractivity contribution in [2.75, 3.05) is 17.3 Å². The van der Waals surface area contributed by atoms with E-state index in [-0.39, 0.29) is 5.91 Å². The summed E-state index contributed by atoms with van der Waals surface area (Å²) in [6.07, 6.45) is 5.86. The van der Waals surface area contributed by atoms with Crippen LogP contribution in [0.25, 0.3) is 5.69 Å². The fourth-order valence-electron chi connectivity index (χ4n) is 1.69. The summed E-state index contributed by atoms with van der Waals surface area (Å²) < 4.78 is 1.77. The molecule has 0 aliphatic carbocycles. The molecule has 0 fully saturated rings. The van der Waals surface area contributed by atoms with E-state index >= 15 is 0 Å². The molecular weight excluding hydrogens is 274 g/mol. The van der Waals surface area contributed by atoms with Crippen LogP contribution in [0.4, 0.5) is 5.69 Å². The van der Waals surface area contributed by atoms with Crippen LogP contribution in [-0.2, 0) is 4.79 Å². The molecule has 0 radical (unpaired) electrons. The molecule has 1 aromatic carbocycles. The van der Waals surface area contributed by atoms with Crippen LogP contribution in [0, 0.1) is 0 Å². The van der Waals surface area contributed by atoms with E-state index in [1.54, 1.807) is 29.0 Å². The van der Waals surface area contributed by atoms with E-state index in [0.717, 1.165) is 11.4 Å². The lowest BCUT2D eigenvalue weighted by atomic mass is 10.2. The van der Waals surface area contributed by atoms with Crippen LogP contribution in [0.3, 0.4) is 0 Å². The highest BCUT2D eigenvalue weighted by molar-refractivity contribution is 7.98. The summed E-state index contributed by atoms with van der Waals surface area (Å²) in [5.74, 6) is 0.704. The minimum atomic E-state index is -0.485. The quantitative estimate of drug-likeness (QED) is 0.837. The van der Waals surface area contributed by atoms with Gasteiger partial charge in [0.05, 0.1) is 11.7 Å². The first-order chi connectivity index (χ1) is 9.70. The Kier molecular flexibility index (Phi) is 5.14. The van der Waals surface area contributed by atoms with Crippen LogP contribution in [0.5, 0.6) is 0 Å². The predicted octanol–water partition coefficient (Wildman–Crippen LogP) is 1.29. The Balaban J connectivity index is 2.03. The van der Waals surface area contributed by atoms with Crippen LogP contribution < -0.4 is 11.1 Å². The number of aromatic nitrogens is 3. The summed E-state index contributed by atoms with van der Waals surface area (Å²) >= 11 is 1.68. The van der Waals surface area contributed by atoms with Crippen molar-refractivity contribution < 1.29 is 4.79 Å². The third-order valence-corrected chi connectivity index (χ3v) is 3.44. The fourth-order valence-corrected chi connectivity index (χ4v) is 2.18. The van der Waals surface area contributed by atoms with E-state index in [2.05, 4.69) is 15.5 Å². The van der Waals surface area contributed by atoms with Crippen molar-refractivity contribution in [3.8, 4) is 5.69 Å². The molecule has 0 bridgehead atoms. The Morgan fingerprint density at radius 3 is 2.90 bits per heavy atom. The van der Waals surface area contributed by atoms with Crippen molar-refractivity contribution >= 4 is 23.4 Å². The second-order valence-corrected chi connectivity index (χ2v) is 5.28. The number of anilines is 1. The standard InChI is InChI=1S/C13H17N5OS/c1-20-6-5-12(14)13(19)17-10-3-2-4-11(7-10)18-8-15-16-9-18/h2-4,7-9,12H,5-6,14H2,1H3,(H,17,19)/t12-/m1/s1. The minimum absolute atomic E-state index is 0.167. The lowest BCUT2D eigenvalue weighted by molar-refractivity contribution is -0.117. The normalized spacial score (nSPS) is 12.1. The molecule has 0 saturated heterocycles. The maximum absolute atomic E-state index is 11.9. The van der Waals surface area contributed by atoms with E-state index in [1.165, 1.54) is 0 Å². The van der Waals surface area contributed by atoms with Crippen molar-refractivity contribution in [1.82, 2.24) is 14.8 Å². The van der Waals surface area contributed by atoms with Gasteiger partial charge in [-0.05, 0) is 36.6 Å². The molecule has 1 heterocycles. The number of amides is 1. The Bertz CT molecular complexity index is 558. The van der Waals surface area contributed by atoms with Crippen LogP contribution in [0.2, 0.25) is 0 Å². The van der Waals surface area contributed by atoms with Gasteiger partial charge in [0.25, 0.3) is 0 Å². The van der Waals surface area contributed by atoms with Crippen molar-refractivity contribution in [2.45, 2.75) is 12.5 Å². The summed E-state index contributed by atoms with van der Waals surface area (Å²) in [4.78, 5) is 11.9. The molecule has 0 unspecified atom stereocenters. The van der Waals surface area contributed by atoms with E-state index in [0.29, 0.717) is 12.1 Å². The number of nitrogens with zero attached hydrogens (tertiary/aromatic N) is 3. The number of carbonyl (C=O) groups is 1. The van der Waals surface area contributed by atoms with Crippen LogP contribution in [-0.4, -0.2) is 38.7 Å². The van der Waals surface area contributed by atoms with Gasteiger partial charge in [-0.3, -0.25) is 9.36 Å². The highest BCUT2D eigenvalue weighted by Gasteiger charge is 2.13. The maximum atomic E-state index is 11.9. The van der Waals surface area contributed by atoms with E-state index in [4.69, 9.17) is 5.73 Å². The Labute approximate surface area is 121 Å². The fraction of sp³-hybridized carbons (Fsp3) is 0.308. The van der Waals surface area contributed by atoms with Gasteiger partial charge in [0.1, 0.15) is 12.7 Å². The lowest BCUT2D eigenvalue weighted by Gasteiger charge is -2.12. The Hall–Kier alpha value is -1.86. The summed E-state index contributed by atoms with van der Waals surface area (Å²) in [5.41, 5.74) is 7.42. The Morgan fingerprint density at radius 1 is 1.45 bits per heavy atom. The zero-order chi connectivity index (χ0) is 14.4. The van der Waals surface area contributed by atoms with Crippen LogP contribution >= 0.6 is 11.8 Å². The second kappa shape index (κ2) is 7.06. The molecule has 1 aromatic heterocycles. The third-order valence-electron chi connectivity index (χ3n) is 2.80. The summed E-state index contributed by atoms with van der Waals surface area (Å²) in [7, 11) is 0. The molecule has 1 atom stereocenters. The maximum Gasteiger partial charge on any atom is 0.241 e. The zero-order valence-electron chi connectivity index (χ0n) is 11.2. The highest BCUT2D eigenvalue weighted by Crippen LogP contribution is 2.14. The van der Waals surface area contributed by atoms with Gasteiger partial charge < -0.3 is 11.1 Å². The number of carbonyl (C=O) groups excluding carboxylic acids is 1. The van der Waals surface area contributed by atoms with E-state index < -0.39 is 6.04 Å². The van der Waals surface area contributed by atoms with Gasteiger partial charge in [-0.15, -0.1) is 10.2 Å². The zero-order valence-corrected chi connectivity index (χ0v) is 12.0. The lowest BCUT2D eigenvalue weighted by Crippen LogP contribution is -2.36. The molecule has 6 nitrogen and oxygen atoms in total. The number of hydrogen-bond acceptors (Lipinski definition) is 5. The van der Waals surface area contributed by atoms with Crippen molar-refractivity contribution in [3.63, 3.8) is 0 Å². The summed E-state index contributed by atoms with van der Waals surface area (Å²) in [6, 6.07) is 6.96. The van der Waals surface area contributed by atoms with Crippen molar-refractivity contribution in [3.05, 3.63) is 36.9 Å². The van der Waals surface area contributed by atoms with E-state index in [1.807, 2.05) is 30.5 Å². The van der Waals surface area contributed by atoms with Gasteiger partial charge in [-0.25, -0.2) is 0 Å². The van der Waals surface area contributed by atoms with Gasteiger partial charge >= 0.3 is 0 Å². The van der Waals surface area contributed by atoms with Crippen LogP contribution in [0.1, 0.15) is 6.42 Å². The molecule has 106 valence electrons. The smallest absolute Gasteiger partial charge is 0.241 e. The molecule has 2 rings (SSSR count). The molecule has 0 aliphatic heterocycles. The third kappa shape index (κ3) is 3.82. The first-order valence-electron chi connectivity index (χ1n) is 6.21. The monoisotopic (exact) mass is 291 g/mol. The molecule has 0 spiro atoms. The molecule has 7 heteroatoms. The first-order valence-corrected chi connectivity index (χ1v) is 7.60. The largest absolute Gasteiger partial charge is 0.325 e. The van der Waals surface area contributed by atoms with Gasteiger partial charge in [0.2, 0.25) is 5.91 Å². The molecule has 0 saturated carbocycles. The summed E-state index contributed by atoms with van der Waals surface area (Å²) in [5, 5.41) is 10.3. The number of benzene rings is 1. The number of nitrogens with one attached hydrogen (secondary N) is 1. The van der Waals surface area contributed by atoms with Gasteiger partial charge in [-0.2, -0.15) is 11.8 Å². The number of nitrogens with two attached hydrogens (primary N) is 1. The number of hydrogen-bond donors (Lipinski definition) is 2. The predicted molar refractivity (Wildman–Crippen MR) is 81.0 cm³/mol. The van der Waals surface area contributed by atoms with Gasteiger partial charge in [-0.1, -0.05) is 6.07 Å². The minimum Gasteiger partial charge on any atom is -0.325 e. The average molecular weight is 291 g/mol. The van der Waals surface area contributed by atoms with Crippen molar-refractivity contribution in [1.29, 1.82) is 0 Å². The topological polar surface area (TPSA) is 85.8 Å². The number of thioether (sulfide) groups is 1. The number of rotatable bonds is 6. The SMILES string of the molecule is CSCC[C@@H](N)C(=O)Nc1cccc(-n2cnnc2)c1. The van der Waals surface area contributed by atoms with Gasteiger partial charge in [0, 0.05) is 5.69 Å². The molecule has 0 aliphatic rings. The highest BCUT2D eigenvalue weighted by atomic mass is 32.2. The molecule has 20 heavy (non-hydrogen) atoms. The van der Waals surface area contributed by atoms with Crippen molar-refractivity contribution in [2.24, 2.45) is 5.73 Å². The summed E-state index contributed by atoms with van der Waals surface area (Å²) in [6.45, 7) is 0. The Morgan fingerprint density at radius 2 is 2.20 bits per heavy atom. The molecule has 2 aromatic rings. The molecule has 1 amide bonds. The second-order valence-electron chi connectivity index (χ2n) is 4.30. The van der Waals surface area contributed by atoms with E-state index in [9.17, 15) is 4.79 Å². The molecule has 3 N–H and O–H groups in total. The van der Waals surface area contributed by atoms with Gasteiger partial charge in [0.15, 0.2) is 0 Å². The average Bonchev–Trinajstić information content (AvgIpc) is 2.99.